The van der Waals surface area contributed by atoms with Gasteiger partial charge in [-0.2, -0.15) is 0 Å². The zero-order valence-corrected chi connectivity index (χ0v) is 31.7. The Morgan fingerprint density at radius 3 is 0.966 bits per heavy atom. The summed E-state index contributed by atoms with van der Waals surface area (Å²) in [6.45, 7) is 0. The Morgan fingerprint density at radius 2 is 0.517 bits per heavy atom. The summed E-state index contributed by atoms with van der Waals surface area (Å²) >= 11 is 0. The van der Waals surface area contributed by atoms with Gasteiger partial charge in [-0.05, 0) is 91.7 Å². The lowest BCUT2D eigenvalue weighted by molar-refractivity contribution is 1.41. The maximum Gasteiger partial charge on any atom is 0.0788 e. The normalized spacial score (nSPS) is 11.4. The molecule has 2 heteroatoms. The van der Waals surface area contributed by atoms with E-state index < -0.39 is 0 Å². The van der Waals surface area contributed by atoms with Crippen LogP contribution in [0.3, 0.4) is 0 Å². The Kier molecular flexibility index (Phi) is 8.19. The van der Waals surface area contributed by atoms with Gasteiger partial charge in [0, 0.05) is 32.7 Å². The lowest BCUT2D eigenvalue weighted by atomic mass is 9.96. The molecule has 0 atom stereocenters. The molecule has 0 fully saturated rings. The summed E-state index contributed by atoms with van der Waals surface area (Å²) in [5.74, 6) is 0. The van der Waals surface area contributed by atoms with Crippen molar-refractivity contribution in [2.24, 2.45) is 0 Å². The van der Waals surface area contributed by atoms with Crippen molar-refractivity contribution in [1.29, 1.82) is 0 Å². The first-order valence-electron chi connectivity index (χ1n) is 19.8. The van der Waals surface area contributed by atoms with Gasteiger partial charge in [-0.3, -0.25) is 0 Å². The van der Waals surface area contributed by atoms with Gasteiger partial charge in [-0.1, -0.05) is 182 Å². The standard InChI is InChI=1S/C56H36N2/c1-3-9-37(10-4-1)47-27-23-41-21-25-43-29-31-53(57-55(43)51(41)35-47)49-15-7-13-45(33-49)39-17-19-40(20-18-39)46-14-8-16-50(34-46)54-32-30-44-26-22-42-24-28-48(36-52(42)56(44)58-54)38-11-5-2-6-12-38/h1-36H. The van der Waals surface area contributed by atoms with Crippen molar-refractivity contribution >= 4 is 43.4 Å². The molecular formula is C56H36N2. The van der Waals surface area contributed by atoms with Gasteiger partial charge in [0.25, 0.3) is 0 Å². The molecule has 0 N–H and O–H groups in total. The highest BCUT2D eigenvalue weighted by Gasteiger charge is 2.11. The molecule has 0 amide bonds. The second kappa shape index (κ2) is 14.1. The summed E-state index contributed by atoms with van der Waals surface area (Å²) in [7, 11) is 0. The maximum atomic E-state index is 5.27. The van der Waals surface area contributed by atoms with Gasteiger partial charge >= 0.3 is 0 Å². The molecule has 2 nitrogen and oxygen atoms in total. The molecule has 2 aromatic heterocycles. The maximum absolute atomic E-state index is 5.27. The van der Waals surface area contributed by atoms with E-state index in [-0.39, 0.29) is 0 Å². The van der Waals surface area contributed by atoms with E-state index in [0.717, 1.165) is 55.4 Å². The van der Waals surface area contributed by atoms with E-state index in [2.05, 4.69) is 218 Å². The smallest absolute Gasteiger partial charge is 0.0788 e. The third kappa shape index (κ3) is 6.18. The van der Waals surface area contributed by atoms with Gasteiger partial charge < -0.3 is 0 Å². The first kappa shape index (κ1) is 33.6. The third-order valence-electron chi connectivity index (χ3n) is 11.4. The minimum atomic E-state index is 0.965. The van der Waals surface area contributed by atoms with E-state index in [4.69, 9.17) is 9.97 Å². The average Bonchev–Trinajstić information content (AvgIpc) is 3.31. The Morgan fingerprint density at radius 1 is 0.207 bits per heavy atom. The lowest BCUT2D eigenvalue weighted by Gasteiger charge is -2.11. The molecule has 2 heterocycles. The van der Waals surface area contributed by atoms with Gasteiger partial charge in [0.2, 0.25) is 0 Å². The van der Waals surface area contributed by atoms with Crippen molar-refractivity contribution in [3.05, 3.63) is 218 Å². The molecular weight excluding hydrogens is 701 g/mol. The lowest BCUT2D eigenvalue weighted by Crippen LogP contribution is -1.89. The highest BCUT2D eigenvalue weighted by Crippen LogP contribution is 2.35. The molecule has 0 bridgehead atoms. The first-order chi connectivity index (χ1) is 28.7. The van der Waals surface area contributed by atoms with E-state index in [1.165, 1.54) is 54.9 Å². The summed E-state index contributed by atoms with van der Waals surface area (Å²) in [4.78, 5) is 10.5. The van der Waals surface area contributed by atoms with Crippen LogP contribution in [0.15, 0.2) is 218 Å². The zero-order chi connectivity index (χ0) is 38.4. The molecule has 0 radical (unpaired) electrons. The summed E-state index contributed by atoms with van der Waals surface area (Å²) < 4.78 is 0. The van der Waals surface area contributed by atoms with Crippen LogP contribution in [0.25, 0.3) is 110 Å². The monoisotopic (exact) mass is 736 g/mol. The number of hydrogen-bond acceptors (Lipinski definition) is 2. The van der Waals surface area contributed by atoms with Crippen molar-refractivity contribution in [2.45, 2.75) is 0 Å². The fraction of sp³-hybridized carbons (Fsp3) is 0. The van der Waals surface area contributed by atoms with Gasteiger partial charge in [-0.25, -0.2) is 9.97 Å². The Balaban J connectivity index is 0.894. The fourth-order valence-corrected chi connectivity index (χ4v) is 8.33. The van der Waals surface area contributed by atoms with Crippen molar-refractivity contribution in [2.75, 3.05) is 0 Å². The molecule has 0 aliphatic rings. The van der Waals surface area contributed by atoms with E-state index in [1.807, 2.05) is 0 Å². The van der Waals surface area contributed by atoms with Crippen molar-refractivity contribution < 1.29 is 0 Å². The number of hydrogen-bond donors (Lipinski definition) is 0. The van der Waals surface area contributed by atoms with Crippen LogP contribution in [0.1, 0.15) is 0 Å². The van der Waals surface area contributed by atoms with Gasteiger partial charge in [0.05, 0.1) is 22.4 Å². The van der Waals surface area contributed by atoms with Crippen molar-refractivity contribution in [3.8, 4) is 67.0 Å². The highest BCUT2D eigenvalue weighted by atomic mass is 14.7. The Labute approximate surface area is 337 Å². The molecule has 0 saturated heterocycles. The van der Waals surface area contributed by atoms with E-state index in [1.54, 1.807) is 0 Å². The quantitative estimate of drug-likeness (QED) is 0.159. The number of nitrogens with zero attached hydrogens (tertiary/aromatic N) is 2. The number of rotatable bonds is 6. The van der Waals surface area contributed by atoms with Crippen LogP contribution in [0, 0.1) is 0 Å². The molecule has 0 spiro atoms. The molecule has 0 aliphatic carbocycles. The number of aromatic nitrogens is 2. The SMILES string of the molecule is c1ccc(-c2ccc3ccc4ccc(-c5cccc(-c6ccc(-c7cccc(-c8ccc9ccc%10ccc(-c%11ccccc%11)cc%10c9n8)c7)cc6)c5)nc4c3c2)cc1. The summed E-state index contributed by atoms with van der Waals surface area (Å²) in [5.41, 5.74) is 15.6. The molecule has 58 heavy (non-hydrogen) atoms. The Hall–Kier alpha value is -7.68. The molecule has 11 aromatic rings. The van der Waals surface area contributed by atoms with Crippen LogP contribution >= 0.6 is 0 Å². The van der Waals surface area contributed by atoms with Gasteiger partial charge in [-0.15, -0.1) is 0 Å². The van der Waals surface area contributed by atoms with Crippen LogP contribution < -0.4 is 0 Å². The first-order valence-corrected chi connectivity index (χ1v) is 19.8. The number of fused-ring (bicyclic) bond motifs is 6. The largest absolute Gasteiger partial charge is 0.247 e. The molecule has 0 saturated carbocycles. The zero-order valence-electron chi connectivity index (χ0n) is 31.7. The van der Waals surface area contributed by atoms with Crippen LogP contribution in [-0.4, -0.2) is 9.97 Å². The molecule has 0 aliphatic heterocycles. The Bertz CT molecular complexity index is 3090. The fourth-order valence-electron chi connectivity index (χ4n) is 8.33. The predicted octanol–water partition coefficient (Wildman–Crippen LogP) is 15.1. The van der Waals surface area contributed by atoms with E-state index in [0.29, 0.717) is 0 Å². The number of pyridine rings is 2. The van der Waals surface area contributed by atoms with Crippen molar-refractivity contribution in [3.63, 3.8) is 0 Å². The van der Waals surface area contributed by atoms with Crippen LogP contribution in [-0.2, 0) is 0 Å². The van der Waals surface area contributed by atoms with E-state index >= 15 is 0 Å². The van der Waals surface area contributed by atoms with Crippen LogP contribution in [0.5, 0.6) is 0 Å². The topological polar surface area (TPSA) is 25.8 Å². The van der Waals surface area contributed by atoms with Crippen LogP contribution in [0.4, 0.5) is 0 Å². The van der Waals surface area contributed by atoms with Crippen molar-refractivity contribution in [1.82, 2.24) is 9.97 Å². The van der Waals surface area contributed by atoms with Gasteiger partial charge in [0.15, 0.2) is 0 Å². The third-order valence-corrected chi connectivity index (χ3v) is 11.4. The molecule has 9 aromatic carbocycles. The predicted molar refractivity (Wildman–Crippen MR) is 245 cm³/mol. The second-order valence-electron chi connectivity index (χ2n) is 15.0. The highest BCUT2D eigenvalue weighted by molar-refractivity contribution is 6.08. The summed E-state index contributed by atoms with van der Waals surface area (Å²) in [6.07, 6.45) is 0. The number of benzene rings is 9. The van der Waals surface area contributed by atoms with Crippen LogP contribution in [0.2, 0.25) is 0 Å². The molecule has 11 rings (SSSR count). The van der Waals surface area contributed by atoms with E-state index in [9.17, 15) is 0 Å². The minimum absolute atomic E-state index is 0.965. The summed E-state index contributed by atoms with van der Waals surface area (Å²) in [6, 6.07) is 78.2. The molecule has 0 unspecified atom stereocenters. The minimum Gasteiger partial charge on any atom is -0.247 e. The van der Waals surface area contributed by atoms with Gasteiger partial charge in [0.1, 0.15) is 0 Å². The second-order valence-corrected chi connectivity index (χ2v) is 15.0. The summed E-state index contributed by atoms with van der Waals surface area (Å²) in [5, 5.41) is 6.99. The molecule has 270 valence electrons. The average molecular weight is 737 g/mol.